The molecule has 0 spiro atoms. The number of carbonyl (C=O) groups excluding carboxylic acids is 1. The first-order valence-electron chi connectivity index (χ1n) is 4.94. The van der Waals surface area contributed by atoms with Crippen molar-refractivity contribution >= 4 is 21.7 Å². The van der Waals surface area contributed by atoms with Crippen LogP contribution in [0.25, 0.3) is 11.3 Å². The number of nitrogens with one attached hydrogen (secondary N) is 1. The molecule has 0 aliphatic heterocycles. The van der Waals surface area contributed by atoms with Gasteiger partial charge in [-0.15, -0.1) is 0 Å². The van der Waals surface area contributed by atoms with Crippen LogP contribution in [0.4, 0.5) is 0 Å². The summed E-state index contributed by atoms with van der Waals surface area (Å²) in [5, 5.41) is 0. The number of imidazole rings is 1. The molecule has 1 aromatic heterocycles. The Kier molecular flexibility index (Phi) is 3.19. The highest BCUT2D eigenvalue weighted by Crippen LogP contribution is 2.21. The number of hydrogen-bond donors (Lipinski definition) is 1. The summed E-state index contributed by atoms with van der Waals surface area (Å²) in [4.78, 5) is 18.3. The molecule has 4 heteroatoms. The molecule has 82 valence electrons. The fraction of sp³-hybridized carbons (Fsp3) is 0.167. The van der Waals surface area contributed by atoms with Crippen LogP contribution >= 0.6 is 15.9 Å². The van der Waals surface area contributed by atoms with Gasteiger partial charge < -0.3 is 4.98 Å². The molecule has 1 aromatic carbocycles. The largest absolute Gasteiger partial charge is 0.342 e. The van der Waals surface area contributed by atoms with Gasteiger partial charge in [0, 0.05) is 10.0 Å². The summed E-state index contributed by atoms with van der Waals surface area (Å²) < 4.78 is 1.02. The molecular weight excluding hydrogens is 268 g/mol. The average molecular weight is 279 g/mol. The summed E-state index contributed by atoms with van der Waals surface area (Å²) in [5.41, 5.74) is 1.98. The number of aromatic amines is 1. The van der Waals surface area contributed by atoms with Gasteiger partial charge in [-0.1, -0.05) is 28.1 Å². The standard InChI is InChI=1S/C12H11BrN2O/c1-8(16)5-12-14-7-11(15-12)9-3-2-4-10(13)6-9/h2-4,6-7H,5H2,1H3,(H,14,15). The number of hydrogen-bond acceptors (Lipinski definition) is 2. The smallest absolute Gasteiger partial charge is 0.137 e. The first-order chi connectivity index (χ1) is 7.65. The number of ketones is 1. The van der Waals surface area contributed by atoms with E-state index in [0.717, 1.165) is 15.7 Å². The van der Waals surface area contributed by atoms with E-state index in [2.05, 4.69) is 25.9 Å². The minimum Gasteiger partial charge on any atom is -0.342 e. The third-order valence-corrected chi connectivity index (χ3v) is 2.67. The fourth-order valence-electron chi connectivity index (χ4n) is 1.49. The van der Waals surface area contributed by atoms with Gasteiger partial charge in [0.2, 0.25) is 0 Å². The highest BCUT2D eigenvalue weighted by molar-refractivity contribution is 9.10. The van der Waals surface area contributed by atoms with Crippen LogP contribution in [0.1, 0.15) is 12.7 Å². The van der Waals surface area contributed by atoms with E-state index in [1.165, 1.54) is 0 Å². The van der Waals surface area contributed by atoms with Gasteiger partial charge >= 0.3 is 0 Å². The third kappa shape index (κ3) is 2.58. The summed E-state index contributed by atoms with van der Waals surface area (Å²) in [6, 6.07) is 7.93. The van der Waals surface area contributed by atoms with E-state index in [-0.39, 0.29) is 5.78 Å². The van der Waals surface area contributed by atoms with Crippen molar-refractivity contribution in [3.63, 3.8) is 0 Å². The van der Waals surface area contributed by atoms with Crippen LogP contribution in [0, 0.1) is 0 Å². The number of carbonyl (C=O) groups is 1. The van der Waals surface area contributed by atoms with E-state index in [1.54, 1.807) is 13.1 Å². The van der Waals surface area contributed by atoms with Crippen LogP contribution in [0.2, 0.25) is 0 Å². The van der Waals surface area contributed by atoms with E-state index >= 15 is 0 Å². The third-order valence-electron chi connectivity index (χ3n) is 2.18. The van der Waals surface area contributed by atoms with Gasteiger partial charge in [0.05, 0.1) is 18.3 Å². The van der Waals surface area contributed by atoms with Crippen molar-refractivity contribution in [2.75, 3.05) is 0 Å². The molecule has 0 atom stereocenters. The Labute approximate surface area is 102 Å². The van der Waals surface area contributed by atoms with Gasteiger partial charge in [-0.25, -0.2) is 4.98 Å². The van der Waals surface area contributed by atoms with Crippen LogP contribution in [0.15, 0.2) is 34.9 Å². The lowest BCUT2D eigenvalue weighted by Gasteiger charge is -1.97. The molecule has 2 aromatic rings. The molecule has 0 amide bonds. The van der Waals surface area contributed by atoms with Crippen LogP contribution < -0.4 is 0 Å². The Hall–Kier alpha value is -1.42. The molecule has 0 radical (unpaired) electrons. The Morgan fingerprint density at radius 1 is 1.50 bits per heavy atom. The van der Waals surface area contributed by atoms with Gasteiger partial charge in [0.1, 0.15) is 11.6 Å². The number of nitrogens with zero attached hydrogens (tertiary/aromatic N) is 1. The van der Waals surface area contributed by atoms with Gasteiger partial charge in [0.15, 0.2) is 0 Å². The summed E-state index contributed by atoms with van der Waals surface area (Å²) >= 11 is 3.42. The van der Waals surface area contributed by atoms with Gasteiger partial charge in [0.25, 0.3) is 0 Å². The topological polar surface area (TPSA) is 45.8 Å². The summed E-state index contributed by atoms with van der Waals surface area (Å²) in [6.45, 7) is 1.56. The zero-order valence-corrected chi connectivity index (χ0v) is 10.4. The highest BCUT2D eigenvalue weighted by Gasteiger charge is 2.05. The Morgan fingerprint density at radius 2 is 2.31 bits per heavy atom. The number of rotatable bonds is 3. The molecule has 0 saturated carbocycles. The number of halogens is 1. The van der Waals surface area contributed by atoms with Crippen molar-refractivity contribution in [1.29, 1.82) is 0 Å². The van der Waals surface area contributed by atoms with E-state index in [9.17, 15) is 4.79 Å². The molecule has 0 aliphatic rings. The second-order valence-electron chi connectivity index (χ2n) is 3.63. The Morgan fingerprint density at radius 3 is 3.00 bits per heavy atom. The molecule has 0 fully saturated rings. The van der Waals surface area contributed by atoms with E-state index < -0.39 is 0 Å². The average Bonchev–Trinajstić information content (AvgIpc) is 2.65. The lowest BCUT2D eigenvalue weighted by molar-refractivity contribution is -0.116. The highest BCUT2D eigenvalue weighted by atomic mass is 79.9. The van der Waals surface area contributed by atoms with Crippen molar-refractivity contribution in [2.24, 2.45) is 0 Å². The number of Topliss-reactive ketones (excluding diaryl/α,β-unsaturated/α-hetero) is 1. The number of aromatic nitrogens is 2. The maximum absolute atomic E-state index is 10.9. The fourth-order valence-corrected chi connectivity index (χ4v) is 1.89. The Balaban J connectivity index is 2.28. The number of benzene rings is 1. The Bertz CT molecular complexity index is 519. The lowest BCUT2D eigenvalue weighted by atomic mass is 10.2. The molecule has 0 saturated heterocycles. The first-order valence-corrected chi connectivity index (χ1v) is 5.74. The molecule has 0 unspecified atom stereocenters. The minimum absolute atomic E-state index is 0.107. The molecule has 16 heavy (non-hydrogen) atoms. The quantitative estimate of drug-likeness (QED) is 0.938. The summed E-state index contributed by atoms with van der Waals surface area (Å²) in [6.07, 6.45) is 2.11. The van der Waals surface area contributed by atoms with Crippen molar-refractivity contribution in [3.8, 4) is 11.3 Å². The molecule has 2 rings (SSSR count). The maximum atomic E-state index is 10.9. The van der Waals surface area contributed by atoms with Crippen molar-refractivity contribution in [2.45, 2.75) is 13.3 Å². The van der Waals surface area contributed by atoms with E-state index in [1.807, 2.05) is 24.3 Å². The van der Waals surface area contributed by atoms with Crippen molar-refractivity contribution in [1.82, 2.24) is 9.97 Å². The van der Waals surface area contributed by atoms with Crippen LogP contribution in [-0.2, 0) is 11.2 Å². The first kappa shape index (κ1) is 11.1. The second kappa shape index (κ2) is 4.61. The van der Waals surface area contributed by atoms with E-state index in [4.69, 9.17) is 0 Å². The maximum Gasteiger partial charge on any atom is 0.137 e. The zero-order chi connectivity index (χ0) is 11.5. The van der Waals surface area contributed by atoms with Crippen LogP contribution in [-0.4, -0.2) is 15.8 Å². The monoisotopic (exact) mass is 278 g/mol. The van der Waals surface area contributed by atoms with Crippen molar-refractivity contribution < 1.29 is 4.79 Å². The van der Waals surface area contributed by atoms with Crippen LogP contribution in [0.5, 0.6) is 0 Å². The SMILES string of the molecule is CC(=O)Cc1ncc(-c2cccc(Br)c2)[nH]1. The molecule has 0 bridgehead atoms. The lowest BCUT2D eigenvalue weighted by Crippen LogP contribution is -1.97. The summed E-state index contributed by atoms with van der Waals surface area (Å²) in [5.74, 6) is 0.817. The van der Waals surface area contributed by atoms with E-state index in [0.29, 0.717) is 12.2 Å². The second-order valence-corrected chi connectivity index (χ2v) is 4.55. The van der Waals surface area contributed by atoms with Gasteiger partial charge in [-0.3, -0.25) is 4.79 Å². The molecule has 0 aliphatic carbocycles. The predicted octanol–water partition coefficient (Wildman–Crippen LogP) is 2.97. The normalized spacial score (nSPS) is 10.4. The van der Waals surface area contributed by atoms with Crippen LogP contribution in [0.3, 0.4) is 0 Å². The van der Waals surface area contributed by atoms with Gasteiger partial charge in [-0.05, 0) is 19.1 Å². The van der Waals surface area contributed by atoms with Crippen molar-refractivity contribution in [3.05, 3.63) is 40.8 Å². The molecule has 1 N–H and O–H groups in total. The van der Waals surface area contributed by atoms with Gasteiger partial charge in [-0.2, -0.15) is 0 Å². The number of H-pyrrole nitrogens is 1. The molecule has 1 heterocycles. The summed E-state index contributed by atoms with van der Waals surface area (Å²) in [7, 11) is 0. The molecular formula is C12H11BrN2O. The zero-order valence-electron chi connectivity index (χ0n) is 8.83. The minimum atomic E-state index is 0.107. The predicted molar refractivity (Wildman–Crippen MR) is 66.1 cm³/mol. The molecule has 3 nitrogen and oxygen atoms in total.